The fraction of sp³-hybridized carbons (Fsp3) is 0.923. The lowest BCUT2D eigenvalue weighted by molar-refractivity contribution is -0.159. The van der Waals surface area contributed by atoms with E-state index in [4.69, 9.17) is 0 Å². The van der Waals surface area contributed by atoms with Crippen molar-refractivity contribution in [1.29, 1.82) is 0 Å². The molecule has 5 heteroatoms. The number of ether oxygens (including phenoxy) is 1. The third-order valence-electron chi connectivity index (χ3n) is 2.84. The molecule has 0 aliphatic carbocycles. The molecule has 106 valence electrons. The van der Waals surface area contributed by atoms with Crippen LogP contribution in [0, 0.1) is 5.41 Å². The van der Waals surface area contributed by atoms with E-state index in [-0.39, 0.29) is 17.5 Å². The molecule has 1 saturated heterocycles. The first-order valence-electron chi connectivity index (χ1n) is 6.25. The monoisotopic (exact) mass is 263 g/mol. The van der Waals surface area contributed by atoms with Crippen LogP contribution >= 0.6 is 0 Å². The third kappa shape index (κ3) is 4.52. The van der Waals surface area contributed by atoms with Crippen LogP contribution in [0.25, 0.3) is 0 Å². The van der Waals surface area contributed by atoms with E-state index < -0.39 is 24.4 Å². The Balaban J connectivity index is 2.45. The Bertz CT molecular complexity index is 321. The molecule has 0 aromatic carbocycles. The number of carbonyl (C=O) groups excluding carboxylic acids is 1. The molecule has 0 aromatic rings. The van der Waals surface area contributed by atoms with Crippen molar-refractivity contribution in [3.05, 3.63) is 0 Å². The number of nitrogens with one attached hydrogen (secondary N) is 1. The van der Waals surface area contributed by atoms with Crippen molar-refractivity contribution in [3.8, 4) is 0 Å². The molecular weight excluding hydrogens is 240 g/mol. The normalized spacial score (nSPS) is 24.2. The van der Waals surface area contributed by atoms with E-state index in [9.17, 15) is 13.6 Å². The minimum Gasteiger partial charge on any atom is -0.456 e. The Hall–Kier alpha value is -0.710. The third-order valence-corrected chi connectivity index (χ3v) is 2.84. The van der Waals surface area contributed by atoms with Crippen LogP contribution < -0.4 is 5.32 Å². The van der Waals surface area contributed by atoms with Gasteiger partial charge >= 0.3 is 11.9 Å². The lowest BCUT2D eigenvalue weighted by atomic mass is 9.82. The summed E-state index contributed by atoms with van der Waals surface area (Å²) >= 11 is 0. The first-order valence-corrected chi connectivity index (χ1v) is 6.25. The van der Waals surface area contributed by atoms with Crippen LogP contribution in [-0.4, -0.2) is 30.1 Å². The first kappa shape index (κ1) is 15.3. The summed E-state index contributed by atoms with van der Waals surface area (Å²) in [6, 6.07) is 0. The summed E-state index contributed by atoms with van der Waals surface area (Å²) in [5.74, 6) is -4.72. The van der Waals surface area contributed by atoms with Crippen LogP contribution in [0.2, 0.25) is 0 Å². The summed E-state index contributed by atoms with van der Waals surface area (Å²) in [6.45, 7) is 10.7. The topological polar surface area (TPSA) is 38.3 Å². The highest BCUT2D eigenvalue weighted by Gasteiger charge is 2.50. The Kier molecular flexibility index (Phi) is 4.06. The van der Waals surface area contributed by atoms with Crippen LogP contribution in [0.4, 0.5) is 8.78 Å². The fourth-order valence-electron chi connectivity index (χ4n) is 2.54. The van der Waals surface area contributed by atoms with Gasteiger partial charge in [-0.15, -0.1) is 0 Å². The lowest BCUT2D eigenvalue weighted by Crippen LogP contribution is -2.45. The van der Waals surface area contributed by atoms with Gasteiger partial charge in [0.15, 0.2) is 0 Å². The zero-order valence-corrected chi connectivity index (χ0v) is 11.8. The highest BCUT2D eigenvalue weighted by molar-refractivity contribution is 5.79. The second kappa shape index (κ2) is 4.76. The number of carbonyl (C=O) groups is 1. The summed E-state index contributed by atoms with van der Waals surface area (Å²) in [6.07, 6.45) is -0.353. The zero-order valence-electron chi connectivity index (χ0n) is 11.8. The highest BCUT2D eigenvalue weighted by atomic mass is 19.3. The molecule has 1 N–H and O–H groups in total. The highest BCUT2D eigenvalue weighted by Crippen LogP contribution is 2.31. The molecule has 3 nitrogen and oxygen atoms in total. The number of rotatable bonds is 4. The van der Waals surface area contributed by atoms with Crippen LogP contribution in [0.5, 0.6) is 0 Å². The quantitative estimate of drug-likeness (QED) is 0.793. The van der Waals surface area contributed by atoms with Crippen LogP contribution in [0.3, 0.4) is 0 Å². The van der Waals surface area contributed by atoms with Gasteiger partial charge < -0.3 is 10.1 Å². The minimum absolute atomic E-state index is 0.146. The van der Waals surface area contributed by atoms with Crippen molar-refractivity contribution >= 4 is 5.97 Å². The Labute approximate surface area is 107 Å². The largest absolute Gasteiger partial charge is 0.456 e. The second-order valence-electron chi connectivity index (χ2n) is 6.94. The van der Waals surface area contributed by atoms with Gasteiger partial charge in [-0.1, -0.05) is 20.8 Å². The number of alkyl halides is 2. The molecule has 1 fully saturated rings. The van der Waals surface area contributed by atoms with Crippen LogP contribution in [-0.2, 0) is 9.53 Å². The van der Waals surface area contributed by atoms with Crippen molar-refractivity contribution in [1.82, 2.24) is 5.32 Å². The summed E-state index contributed by atoms with van der Waals surface area (Å²) in [5, 5.41) is 3.21. The number of cyclic esters (lactones) is 1. The van der Waals surface area contributed by atoms with E-state index in [0.717, 1.165) is 6.42 Å². The predicted molar refractivity (Wildman–Crippen MR) is 65.6 cm³/mol. The summed E-state index contributed by atoms with van der Waals surface area (Å²) in [7, 11) is 0. The van der Waals surface area contributed by atoms with Gasteiger partial charge in [0.25, 0.3) is 0 Å². The molecule has 0 aromatic heterocycles. The number of hydrogen-bond donors (Lipinski definition) is 1. The van der Waals surface area contributed by atoms with Crippen molar-refractivity contribution < 1.29 is 18.3 Å². The van der Waals surface area contributed by atoms with E-state index in [1.54, 1.807) is 0 Å². The van der Waals surface area contributed by atoms with Crippen molar-refractivity contribution in [2.24, 2.45) is 5.41 Å². The van der Waals surface area contributed by atoms with Gasteiger partial charge in [0.1, 0.15) is 6.10 Å². The molecule has 0 bridgehead atoms. The van der Waals surface area contributed by atoms with Crippen molar-refractivity contribution in [3.63, 3.8) is 0 Å². The minimum atomic E-state index is -3.32. The molecule has 1 aliphatic heterocycles. The zero-order chi connectivity index (χ0) is 14.2. The van der Waals surface area contributed by atoms with Gasteiger partial charge in [0.05, 0.1) is 6.42 Å². The SMILES string of the molecule is CC(C)(C)CC(C)(C)NCC1CC(F)(F)C(=O)O1. The first-order chi connectivity index (χ1) is 7.91. The molecule has 0 saturated carbocycles. The molecule has 1 heterocycles. The predicted octanol–water partition coefficient (Wildman–Crippen LogP) is 2.74. The van der Waals surface area contributed by atoms with Crippen molar-refractivity contribution in [2.75, 3.05) is 6.54 Å². The number of hydrogen-bond acceptors (Lipinski definition) is 3. The fourth-order valence-corrected chi connectivity index (χ4v) is 2.54. The lowest BCUT2D eigenvalue weighted by Gasteiger charge is -2.34. The molecule has 1 rings (SSSR count). The number of halogens is 2. The molecule has 1 atom stereocenters. The second-order valence-corrected chi connectivity index (χ2v) is 6.94. The average molecular weight is 263 g/mol. The van der Waals surface area contributed by atoms with Gasteiger partial charge in [0, 0.05) is 12.1 Å². The van der Waals surface area contributed by atoms with Crippen LogP contribution in [0.15, 0.2) is 0 Å². The Morgan fingerprint density at radius 2 is 1.89 bits per heavy atom. The van der Waals surface area contributed by atoms with E-state index >= 15 is 0 Å². The molecule has 0 amide bonds. The van der Waals surface area contributed by atoms with Gasteiger partial charge in [-0.2, -0.15) is 8.78 Å². The number of esters is 1. The van der Waals surface area contributed by atoms with Crippen molar-refractivity contribution in [2.45, 2.75) is 65.0 Å². The molecule has 1 aliphatic rings. The summed E-state index contributed by atoms with van der Waals surface area (Å²) < 4.78 is 30.6. The standard InChI is InChI=1S/C13H23F2NO2/c1-11(2,3)8-12(4,5)16-7-9-6-13(14,15)10(17)18-9/h9,16H,6-8H2,1-5H3. The van der Waals surface area contributed by atoms with E-state index in [1.165, 1.54) is 0 Å². The van der Waals surface area contributed by atoms with Gasteiger partial charge in [-0.3, -0.25) is 0 Å². The van der Waals surface area contributed by atoms with Gasteiger partial charge in [-0.05, 0) is 25.7 Å². The smallest absolute Gasteiger partial charge is 0.377 e. The summed E-state index contributed by atoms with van der Waals surface area (Å²) in [4.78, 5) is 10.9. The van der Waals surface area contributed by atoms with Crippen LogP contribution in [0.1, 0.15) is 47.5 Å². The Morgan fingerprint density at radius 3 is 2.28 bits per heavy atom. The van der Waals surface area contributed by atoms with Gasteiger partial charge in [0.2, 0.25) is 0 Å². The maximum absolute atomic E-state index is 13.0. The maximum atomic E-state index is 13.0. The summed E-state index contributed by atoms with van der Waals surface area (Å²) in [5.41, 5.74) is -0.0324. The van der Waals surface area contributed by atoms with E-state index in [1.807, 2.05) is 13.8 Å². The molecular formula is C13H23F2NO2. The molecule has 0 spiro atoms. The molecule has 1 unspecified atom stereocenters. The molecule has 0 radical (unpaired) electrons. The Morgan fingerprint density at radius 1 is 1.33 bits per heavy atom. The van der Waals surface area contributed by atoms with E-state index in [0.29, 0.717) is 0 Å². The average Bonchev–Trinajstić information content (AvgIpc) is 2.34. The molecule has 18 heavy (non-hydrogen) atoms. The maximum Gasteiger partial charge on any atom is 0.377 e. The van der Waals surface area contributed by atoms with Gasteiger partial charge in [-0.25, -0.2) is 4.79 Å². The van der Waals surface area contributed by atoms with E-state index in [2.05, 4.69) is 30.8 Å².